The third-order valence-corrected chi connectivity index (χ3v) is 5.04. The molecule has 3 heteroatoms. The lowest BCUT2D eigenvalue weighted by Crippen LogP contribution is -2.41. The molecule has 0 N–H and O–H groups in total. The Hall–Kier alpha value is -0.275. The molecule has 0 bridgehead atoms. The highest BCUT2D eigenvalue weighted by Crippen LogP contribution is 2.42. The number of allylic oxidation sites excluding steroid dienone is 2. The van der Waals surface area contributed by atoms with Crippen molar-refractivity contribution in [3.8, 4) is 0 Å². The lowest BCUT2D eigenvalue weighted by Gasteiger charge is -2.32. The summed E-state index contributed by atoms with van der Waals surface area (Å²) in [4.78, 5) is 0. The van der Waals surface area contributed by atoms with E-state index in [1.165, 1.54) is 37.6 Å². The minimum atomic E-state index is -0.223. The van der Waals surface area contributed by atoms with Crippen LogP contribution in [0.1, 0.15) is 73.1 Å². The number of hydrogen-bond acceptors (Lipinski definition) is 2. The average Bonchev–Trinajstić information content (AvgIpc) is 2.56. The fraction of sp³-hybridized carbons (Fsp3) is 0.875. The largest absolute Gasteiger partial charge is 0.490 e. The number of rotatable bonds is 3. The zero-order chi connectivity index (χ0) is 14.1. The fourth-order valence-electron chi connectivity index (χ4n) is 3.11. The molecule has 0 atom stereocenters. The first-order valence-corrected chi connectivity index (χ1v) is 7.93. The van der Waals surface area contributed by atoms with Crippen LogP contribution in [0.15, 0.2) is 11.5 Å². The zero-order valence-corrected chi connectivity index (χ0v) is 13.3. The molecule has 1 heterocycles. The van der Waals surface area contributed by atoms with Crippen molar-refractivity contribution in [2.24, 2.45) is 5.92 Å². The Morgan fingerprint density at radius 1 is 1.05 bits per heavy atom. The molecule has 19 heavy (non-hydrogen) atoms. The van der Waals surface area contributed by atoms with Gasteiger partial charge < -0.3 is 9.31 Å². The van der Waals surface area contributed by atoms with E-state index in [0.717, 1.165) is 6.42 Å². The Balaban J connectivity index is 2.15. The molecule has 1 aliphatic heterocycles. The van der Waals surface area contributed by atoms with Gasteiger partial charge in [-0.25, -0.2) is 0 Å². The van der Waals surface area contributed by atoms with E-state index in [1.54, 1.807) is 0 Å². The Morgan fingerprint density at radius 3 is 2.05 bits per heavy atom. The summed E-state index contributed by atoms with van der Waals surface area (Å²) >= 11 is 0. The summed E-state index contributed by atoms with van der Waals surface area (Å²) in [5.74, 6) is 0.670. The maximum absolute atomic E-state index is 6.24. The van der Waals surface area contributed by atoms with Crippen LogP contribution in [0.25, 0.3) is 0 Å². The highest BCUT2D eigenvalue weighted by atomic mass is 16.7. The van der Waals surface area contributed by atoms with Gasteiger partial charge in [-0.3, -0.25) is 0 Å². The summed E-state index contributed by atoms with van der Waals surface area (Å²) < 4.78 is 12.5. The second kappa shape index (κ2) is 5.61. The average molecular weight is 264 g/mol. The minimum absolute atomic E-state index is 0.131. The summed E-state index contributed by atoms with van der Waals surface area (Å²) in [5, 5.41) is 0. The van der Waals surface area contributed by atoms with Crippen molar-refractivity contribution in [1.29, 1.82) is 0 Å². The van der Waals surface area contributed by atoms with Crippen molar-refractivity contribution >= 4 is 7.12 Å². The van der Waals surface area contributed by atoms with Gasteiger partial charge in [0.2, 0.25) is 0 Å². The maximum Gasteiger partial charge on any atom is 0.490 e. The predicted molar refractivity (Wildman–Crippen MR) is 81.0 cm³/mol. The molecule has 108 valence electrons. The van der Waals surface area contributed by atoms with Gasteiger partial charge in [-0.05, 0) is 58.3 Å². The molecule has 0 amide bonds. The summed E-state index contributed by atoms with van der Waals surface area (Å²) in [6.07, 6.45) is 10.1. The SMILES string of the molecule is CC/C=C(\B1OC(C)(C)C(C)(C)O1)C1CCCCC1. The van der Waals surface area contributed by atoms with Crippen LogP contribution in [-0.2, 0) is 9.31 Å². The molecule has 1 saturated heterocycles. The summed E-state index contributed by atoms with van der Waals surface area (Å²) in [5.41, 5.74) is 0.957. The van der Waals surface area contributed by atoms with Crippen molar-refractivity contribution in [1.82, 2.24) is 0 Å². The van der Waals surface area contributed by atoms with E-state index in [1.807, 2.05) is 0 Å². The van der Waals surface area contributed by atoms with E-state index >= 15 is 0 Å². The Bertz CT molecular complexity index is 325. The van der Waals surface area contributed by atoms with E-state index in [0.29, 0.717) is 5.92 Å². The van der Waals surface area contributed by atoms with Gasteiger partial charge in [-0.1, -0.05) is 32.3 Å². The summed E-state index contributed by atoms with van der Waals surface area (Å²) in [7, 11) is -0.131. The van der Waals surface area contributed by atoms with Crippen molar-refractivity contribution in [2.75, 3.05) is 0 Å². The van der Waals surface area contributed by atoms with Crippen LogP contribution in [0, 0.1) is 5.92 Å². The molecule has 0 aromatic rings. The fourth-order valence-corrected chi connectivity index (χ4v) is 3.11. The van der Waals surface area contributed by atoms with E-state index in [-0.39, 0.29) is 18.3 Å². The van der Waals surface area contributed by atoms with Crippen LogP contribution >= 0.6 is 0 Å². The number of hydrogen-bond donors (Lipinski definition) is 0. The maximum atomic E-state index is 6.24. The molecule has 0 aromatic carbocycles. The smallest absolute Gasteiger partial charge is 0.400 e. The third kappa shape index (κ3) is 3.08. The lowest BCUT2D eigenvalue weighted by atomic mass is 9.66. The normalized spacial score (nSPS) is 27.8. The molecular weight excluding hydrogens is 235 g/mol. The minimum Gasteiger partial charge on any atom is -0.400 e. The standard InChI is InChI=1S/C16H29BO2/c1-6-10-14(13-11-8-7-9-12-13)17-18-15(2,3)16(4,5)19-17/h10,13H,6-9,11-12H2,1-5H3/b14-10-. The van der Waals surface area contributed by atoms with Gasteiger partial charge in [-0.15, -0.1) is 0 Å². The van der Waals surface area contributed by atoms with Crippen molar-refractivity contribution < 1.29 is 9.31 Å². The van der Waals surface area contributed by atoms with Crippen LogP contribution in [-0.4, -0.2) is 18.3 Å². The van der Waals surface area contributed by atoms with Crippen molar-refractivity contribution in [3.63, 3.8) is 0 Å². The van der Waals surface area contributed by atoms with Crippen LogP contribution < -0.4 is 0 Å². The summed E-state index contributed by atoms with van der Waals surface area (Å²) in [6.45, 7) is 10.7. The van der Waals surface area contributed by atoms with Gasteiger partial charge in [-0.2, -0.15) is 0 Å². The van der Waals surface area contributed by atoms with E-state index in [4.69, 9.17) is 9.31 Å². The molecule has 0 spiro atoms. The molecule has 2 nitrogen and oxygen atoms in total. The molecular formula is C16H29BO2. The van der Waals surface area contributed by atoms with Crippen molar-refractivity contribution in [3.05, 3.63) is 11.5 Å². The van der Waals surface area contributed by atoms with Gasteiger partial charge in [0.05, 0.1) is 11.2 Å². The predicted octanol–water partition coefficient (Wildman–Crippen LogP) is 4.53. The molecule has 2 fully saturated rings. The van der Waals surface area contributed by atoms with E-state index in [9.17, 15) is 0 Å². The molecule has 0 unspecified atom stereocenters. The Morgan fingerprint density at radius 2 is 1.58 bits per heavy atom. The van der Waals surface area contributed by atoms with Crippen LogP contribution in [0.2, 0.25) is 0 Å². The second-order valence-corrected chi connectivity index (χ2v) is 7.04. The quantitative estimate of drug-likeness (QED) is 0.697. The molecule has 1 saturated carbocycles. The first-order valence-electron chi connectivity index (χ1n) is 7.93. The van der Waals surface area contributed by atoms with Gasteiger partial charge >= 0.3 is 7.12 Å². The highest BCUT2D eigenvalue weighted by Gasteiger charge is 2.53. The van der Waals surface area contributed by atoms with E-state index < -0.39 is 0 Å². The Kier molecular flexibility index (Phi) is 4.47. The molecule has 1 aliphatic carbocycles. The van der Waals surface area contributed by atoms with E-state index in [2.05, 4.69) is 40.7 Å². The van der Waals surface area contributed by atoms with Crippen LogP contribution in [0.4, 0.5) is 0 Å². The van der Waals surface area contributed by atoms with Gasteiger partial charge in [0.15, 0.2) is 0 Å². The van der Waals surface area contributed by atoms with Gasteiger partial charge in [0.25, 0.3) is 0 Å². The monoisotopic (exact) mass is 264 g/mol. The summed E-state index contributed by atoms with van der Waals surface area (Å²) in [6, 6.07) is 0. The lowest BCUT2D eigenvalue weighted by molar-refractivity contribution is 0.00578. The van der Waals surface area contributed by atoms with Crippen LogP contribution in [0.3, 0.4) is 0 Å². The topological polar surface area (TPSA) is 18.5 Å². The van der Waals surface area contributed by atoms with Crippen molar-refractivity contribution in [2.45, 2.75) is 84.3 Å². The molecule has 0 aromatic heterocycles. The zero-order valence-electron chi connectivity index (χ0n) is 13.3. The van der Waals surface area contributed by atoms with Gasteiger partial charge in [0, 0.05) is 0 Å². The van der Waals surface area contributed by atoms with Crippen LogP contribution in [0.5, 0.6) is 0 Å². The Labute approximate surface area is 119 Å². The molecule has 2 aliphatic rings. The molecule has 2 rings (SSSR count). The highest BCUT2D eigenvalue weighted by molar-refractivity contribution is 6.54. The second-order valence-electron chi connectivity index (χ2n) is 7.04. The van der Waals surface area contributed by atoms with Gasteiger partial charge in [0.1, 0.15) is 0 Å². The first-order chi connectivity index (χ1) is 8.87. The molecule has 0 radical (unpaired) electrons. The third-order valence-electron chi connectivity index (χ3n) is 5.04. The first kappa shape index (κ1) is 15.1.